The van der Waals surface area contributed by atoms with Gasteiger partial charge in [-0.1, -0.05) is 0 Å². The van der Waals surface area contributed by atoms with Crippen molar-refractivity contribution in [2.75, 3.05) is 0 Å². The maximum Gasteiger partial charge on any atom is 0.278 e. The van der Waals surface area contributed by atoms with E-state index in [1.54, 1.807) is 0 Å². The SMILES string of the molecule is Cc1c(S(=O)(=O)Cl)ncc(C(F)F)c1Br. The molecular weight excluding hydrogens is 316 g/mol. The second kappa shape index (κ2) is 4.31. The number of pyridine rings is 1. The molecule has 1 aromatic rings. The maximum absolute atomic E-state index is 12.4. The predicted octanol–water partition coefficient (Wildman–Crippen LogP) is 3.02. The molecule has 0 radical (unpaired) electrons. The van der Waals surface area contributed by atoms with Crippen LogP contribution in [-0.4, -0.2) is 13.4 Å². The van der Waals surface area contributed by atoms with Crippen molar-refractivity contribution < 1.29 is 17.2 Å². The number of alkyl halides is 2. The van der Waals surface area contributed by atoms with E-state index < -0.39 is 20.5 Å². The molecule has 84 valence electrons. The number of rotatable bonds is 2. The quantitative estimate of drug-likeness (QED) is 0.787. The van der Waals surface area contributed by atoms with E-state index in [2.05, 4.69) is 20.9 Å². The van der Waals surface area contributed by atoms with E-state index in [-0.39, 0.29) is 15.6 Å². The zero-order valence-electron chi connectivity index (χ0n) is 7.34. The van der Waals surface area contributed by atoms with Crippen molar-refractivity contribution in [2.24, 2.45) is 0 Å². The molecule has 0 aliphatic rings. The third kappa shape index (κ3) is 2.64. The van der Waals surface area contributed by atoms with Gasteiger partial charge >= 0.3 is 0 Å². The summed E-state index contributed by atoms with van der Waals surface area (Å²) in [5.41, 5.74) is -0.292. The third-order valence-electron chi connectivity index (χ3n) is 1.69. The lowest BCUT2D eigenvalue weighted by molar-refractivity contribution is 0.150. The second-order valence-corrected chi connectivity index (χ2v) is 5.97. The predicted molar refractivity (Wildman–Crippen MR) is 54.7 cm³/mol. The molecule has 0 spiro atoms. The zero-order chi connectivity index (χ0) is 11.8. The Bertz CT molecular complexity index is 492. The van der Waals surface area contributed by atoms with Gasteiger partial charge in [0.2, 0.25) is 0 Å². The van der Waals surface area contributed by atoms with Crippen LogP contribution in [0.3, 0.4) is 0 Å². The Hall–Kier alpha value is -0.270. The average molecular weight is 321 g/mol. The fourth-order valence-corrected chi connectivity index (χ4v) is 2.70. The van der Waals surface area contributed by atoms with Gasteiger partial charge in [0, 0.05) is 26.9 Å². The van der Waals surface area contributed by atoms with Gasteiger partial charge in [-0.05, 0) is 22.9 Å². The van der Waals surface area contributed by atoms with Crippen LogP contribution in [0.4, 0.5) is 8.78 Å². The van der Waals surface area contributed by atoms with Crippen molar-refractivity contribution >= 4 is 35.7 Å². The lowest BCUT2D eigenvalue weighted by Gasteiger charge is -2.08. The Morgan fingerprint density at radius 2 is 2.07 bits per heavy atom. The molecule has 0 bridgehead atoms. The van der Waals surface area contributed by atoms with Crippen molar-refractivity contribution in [3.8, 4) is 0 Å². The Balaban J connectivity index is 3.48. The molecule has 1 rings (SSSR count). The Morgan fingerprint density at radius 1 is 1.53 bits per heavy atom. The molecule has 1 aromatic heterocycles. The first-order valence-electron chi connectivity index (χ1n) is 3.63. The van der Waals surface area contributed by atoms with Crippen molar-refractivity contribution in [1.82, 2.24) is 4.98 Å². The summed E-state index contributed by atoms with van der Waals surface area (Å²) in [7, 11) is 1.06. The van der Waals surface area contributed by atoms with Crippen LogP contribution >= 0.6 is 26.6 Å². The van der Waals surface area contributed by atoms with E-state index in [0.717, 1.165) is 6.20 Å². The van der Waals surface area contributed by atoms with Crippen molar-refractivity contribution in [1.29, 1.82) is 0 Å². The standard InChI is InChI=1S/C7H5BrClF2NO2S/c1-3-5(8)4(6(10)11)2-12-7(3)15(9,13)14/h2,6H,1H3. The van der Waals surface area contributed by atoms with Gasteiger partial charge in [-0.3, -0.25) is 0 Å². The molecule has 0 unspecified atom stereocenters. The summed E-state index contributed by atoms with van der Waals surface area (Å²) in [5, 5.41) is -0.416. The Morgan fingerprint density at radius 3 is 2.47 bits per heavy atom. The minimum Gasteiger partial charge on any atom is -0.243 e. The minimum absolute atomic E-state index is 0.00623. The van der Waals surface area contributed by atoms with Crippen LogP contribution in [0.5, 0.6) is 0 Å². The van der Waals surface area contributed by atoms with E-state index in [9.17, 15) is 17.2 Å². The highest BCUT2D eigenvalue weighted by atomic mass is 79.9. The number of halogens is 4. The molecule has 0 saturated carbocycles. The largest absolute Gasteiger partial charge is 0.278 e. The molecule has 0 atom stereocenters. The third-order valence-corrected chi connectivity index (χ3v) is 4.05. The molecule has 0 aliphatic carbocycles. The molecule has 0 aliphatic heterocycles. The fourth-order valence-electron chi connectivity index (χ4n) is 0.990. The summed E-state index contributed by atoms with van der Waals surface area (Å²) < 4.78 is 46.7. The molecule has 0 N–H and O–H groups in total. The molecule has 3 nitrogen and oxygen atoms in total. The topological polar surface area (TPSA) is 47.0 Å². The van der Waals surface area contributed by atoms with E-state index in [0.29, 0.717) is 0 Å². The van der Waals surface area contributed by atoms with Crippen LogP contribution in [-0.2, 0) is 9.05 Å². The Labute approximate surface area is 98.0 Å². The number of hydrogen-bond donors (Lipinski definition) is 0. The van der Waals surface area contributed by atoms with Crippen LogP contribution in [0.1, 0.15) is 17.6 Å². The van der Waals surface area contributed by atoms with Crippen molar-refractivity contribution in [2.45, 2.75) is 18.4 Å². The van der Waals surface area contributed by atoms with E-state index in [1.807, 2.05) is 0 Å². The summed E-state index contributed by atoms with van der Waals surface area (Å²) in [4.78, 5) is 3.40. The molecule has 8 heteroatoms. The first-order chi connectivity index (χ1) is 6.75. The zero-order valence-corrected chi connectivity index (χ0v) is 10.5. The van der Waals surface area contributed by atoms with Gasteiger partial charge in [0.1, 0.15) is 0 Å². The van der Waals surface area contributed by atoms with Crippen LogP contribution < -0.4 is 0 Å². The van der Waals surface area contributed by atoms with E-state index in [4.69, 9.17) is 10.7 Å². The summed E-state index contributed by atoms with van der Waals surface area (Å²) in [5.74, 6) is 0. The van der Waals surface area contributed by atoms with Gasteiger partial charge in [-0.2, -0.15) is 0 Å². The van der Waals surface area contributed by atoms with Crippen LogP contribution in [0.15, 0.2) is 15.7 Å². The van der Waals surface area contributed by atoms with Gasteiger partial charge in [0.05, 0.1) is 5.56 Å². The first kappa shape index (κ1) is 12.8. The maximum atomic E-state index is 12.4. The highest BCUT2D eigenvalue weighted by Gasteiger charge is 2.22. The van der Waals surface area contributed by atoms with E-state index in [1.165, 1.54) is 6.92 Å². The monoisotopic (exact) mass is 319 g/mol. The molecule has 1 heterocycles. The van der Waals surface area contributed by atoms with E-state index >= 15 is 0 Å². The molecule has 0 fully saturated rings. The van der Waals surface area contributed by atoms with Crippen molar-refractivity contribution in [3.63, 3.8) is 0 Å². The first-order valence-corrected chi connectivity index (χ1v) is 6.73. The fraction of sp³-hybridized carbons (Fsp3) is 0.286. The highest BCUT2D eigenvalue weighted by molar-refractivity contribution is 9.10. The summed E-state index contributed by atoms with van der Waals surface area (Å²) >= 11 is 2.88. The lowest BCUT2D eigenvalue weighted by atomic mass is 10.2. The number of nitrogens with zero attached hydrogens (tertiary/aromatic N) is 1. The normalized spacial score (nSPS) is 12.1. The molecule has 0 aromatic carbocycles. The average Bonchev–Trinajstić information content (AvgIpc) is 2.06. The molecule has 0 amide bonds. The van der Waals surface area contributed by atoms with Gasteiger partial charge in [-0.25, -0.2) is 22.2 Å². The van der Waals surface area contributed by atoms with Gasteiger partial charge in [-0.15, -0.1) is 0 Å². The molecule has 0 saturated heterocycles. The van der Waals surface area contributed by atoms with Crippen LogP contribution in [0, 0.1) is 6.92 Å². The smallest absolute Gasteiger partial charge is 0.243 e. The van der Waals surface area contributed by atoms with Gasteiger partial charge < -0.3 is 0 Å². The molecule has 15 heavy (non-hydrogen) atoms. The summed E-state index contributed by atoms with van der Waals surface area (Å²) in [6, 6.07) is 0. The second-order valence-electron chi connectivity index (χ2n) is 2.70. The van der Waals surface area contributed by atoms with Gasteiger partial charge in [0.25, 0.3) is 15.5 Å². The minimum atomic E-state index is -4.01. The van der Waals surface area contributed by atoms with Crippen LogP contribution in [0.25, 0.3) is 0 Å². The number of hydrogen-bond acceptors (Lipinski definition) is 3. The number of aromatic nitrogens is 1. The Kier molecular flexibility index (Phi) is 3.67. The summed E-state index contributed by atoms with van der Waals surface area (Å²) in [6.07, 6.45) is -1.94. The summed E-state index contributed by atoms with van der Waals surface area (Å²) in [6.45, 7) is 1.35. The highest BCUT2D eigenvalue weighted by Crippen LogP contribution is 2.32. The van der Waals surface area contributed by atoms with Gasteiger partial charge in [0.15, 0.2) is 5.03 Å². The molecular formula is C7H5BrClF2NO2S. The van der Waals surface area contributed by atoms with Crippen molar-refractivity contribution in [3.05, 3.63) is 21.8 Å². The lowest BCUT2D eigenvalue weighted by Crippen LogP contribution is -2.02. The van der Waals surface area contributed by atoms with Crippen LogP contribution in [0.2, 0.25) is 0 Å².